The fraction of sp³-hybridized carbons (Fsp3) is 0.571. The Morgan fingerprint density at radius 3 is 2.05 bits per heavy atom. The zero-order chi connectivity index (χ0) is 15.0. The van der Waals surface area contributed by atoms with Crippen LogP contribution >= 0.6 is 0 Å². The van der Waals surface area contributed by atoms with Gasteiger partial charge in [0.25, 0.3) is 0 Å². The predicted molar refractivity (Wildman–Crippen MR) is 67.4 cm³/mol. The monoisotopic (exact) mass is 276 g/mol. The normalized spacial score (nSPS) is 15.2. The minimum Gasteiger partial charge on any atom is -0.496 e. The summed E-state index contributed by atoms with van der Waals surface area (Å²) in [6.07, 6.45) is -5.14. The van der Waals surface area contributed by atoms with E-state index in [4.69, 9.17) is 4.74 Å². The molecule has 2 nitrogen and oxygen atoms in total. The van der Waals surface area contributed by atoms with Crippen LogP contribution in [0.4, 0.5) is 13.2 Å². The number of ether oxygens (including phenoxy) is 1. The molecule has 1 aromatic rings. The Labute approximate surface area is 111 Å². The first-order chi connectivity index (χ1) is 8.60. The Bertz CT molecular complexity index is 481. The third kappa shape index (κ3) is 2.43. The van der Waals surface area contributed by atoms with Gasteiger partial charge in [-0.3, -0.25) is 0 Å². The van der Waals surface area contributed by atoms with Crippen molar-refractivity contribution < 1.29 is 23.0 Å². The van der Waals surface area contributed by atoms with Gasteiger partial charge >= 0.3 is 6.18 Å². The van der Waals surface area contributed by atoms with Crippen LogP contribution < -0.4 is 4.74 Å². The third-order valence-corrected chi connectivity index (χ3v) is 3.66. The summed E-state index contributed by atoms with van der Waals surface area (Å²) in [4.78, 5) is 0. The van der Waals surface area contributed by atoms with Crippen molar-refractivity contribution in [3.05, 3.63) is 28.3 Å². The predicted octanol–water partition coefficient (Wildman–Crippen LogP) is 3.78. The summed E-state index contributed by atoms with van der Waals surface area (Å²) in [6, 6.07) is 1.53. The molecule has 5 heteroatoms. The molecule has 1 atom stereocenters. The SMILES string of the molecule is CCC(O)(c1c(C)cc(OC)c(C)c1C)C(F)(F)F. The lowest BCUT2D eigenvalue weighted by Crippen LogP contribution is -2.43. The molecule has 0 spiro atoms. The largest absolute Gasteiger partial charge is 0.496 e. The second kappa shape index (κ2) is 5.04. The fourth-order valence-corrected chi connectivity index (χ4v) is 2.41. The van der Waals surface area contributed by atoms with Gasteiger partial charge in [-0.1, -0.05) is 6.92 Å². The van der Waals surface area contributed by atoms with Crippen LogP contribution in [0.2, 0.25) is 0 Å². The molecule has 0 aromatic heterocycles. The highest BCUT2D eigenvalue weighted by Gasteiger charge is 2.55. The van der Waals surface area contributed by atoms with E-state index in [1.165, 1.54) is 20.1 Å². The topological polar surface area (TPSA) is 29.5 Å². The second-order valence-corrected chi connectivity index (χ2v) is 4.73. The smallest absolute Gasteiger partial charge is 0.421 e. The Hall–Kier alpha value is -1.23. The minimum atomic E-state index is -4.71. The molecule has 0 fully saturated rings. The van der Waals surface area contributed by atoms with Crippen LogP contribution in [0.15, 0.2) is 6.07 Å². The number of hydrogen-bond donors (Lipinski definition) is 1. The summed E-state index contributed by atoms with van der Waals surface area (Å²) in [6.45, 7) is 6.14. The molecular weight excluding hydrogens is 257 g/mol. The molecule has 0 saturated heterocycles. The van der Waals surface area contributed by atoms with E-state index >= 15 is 0 Å². The van der Waals surface area contributed by atoms with E-state index in [2.05, 4.69) is 0 Å². The van der Waals surface area contributed by atoms with E-state index in [0.717, 1.165) is 0 Å². The van der Waals surface area contributed by atoms with Crippen LogP contribution in [0.25, 0.3) is 0 Å². The molecule has 108 valence electrons. The molecule has 0 saturated carbocycles. The highest BCUT2D eigenvalue weighted by atomic mass is 19.4. The molecule has 0 aliphatic rings. The first-order valence-electron chi connectivity index (χ1n) is 6.04. The van der Waals surface area contributed by atoms with Gasteiger partial charge in [0, 0.05) is 0 Å². The zero-order valence-corrected chi connectivity index (χ0v) is 11.8. The van der Waals surface area contributed by atoms with Crippen molar-refractivity contribution in [2.75, 3.05) is 7.11 Å². The van der Waals surface area contributed by atoms with Crippen molar-refractivity contribution in [1.82, 2.24) is 0 Å². The quantitative estimate of drug-likeness (QED) is 0.910. The molecule has 19 heavy (non-hydrogen) atoms. The third-order valence-electron chi connectivity index (χ3n) is 3.66. The molecular formula is C14H19F3O2. The number of aryl methyl sites for hydroxylation is 1. The van der Waals surface area contributed by atoms with E-state index in [9.17, 15) is 18.3 Å². The summed E-state index contributed by atoms with van der Waals surface area (Å²) in [5, 5.41) is 10.1. The first-order valence-corrected chi connectivity index (χ1v) is 6.04. The highest BCUT2D eigenvalue weighted by molar-refractivity contribution is 5.50. The average Bonchev–Trinajstić information content (AvgIpc) is 2.32. The van der Waals surface area contributed by atoms with Gasteiger partial charge in [0.15, 0.2) is 5.60 Å². The van der Waals surface area contributed by atoms with Crippen molar-refractivity contribution in [2.45, 2.75) is 45.9 Å². The molecule has 0 amide bonds. The minimum absolute atomic E-state index is 0.0687. The van der Waals surface area contributed by atoms with Crippen LogP contribution in [-0.4, -0.2) is 18.4 Å². The highest BCUT2D eigenvalue weighted by Crippen LogP contribution is 2.45. The molecule has 0 aliphatic heterocycles. The summed E-state index contributed by atoms with van der Waals surface area (Å²) in [5.41, 5.74) is -1.49. The Balaban J connectivity index is 3.64. The number of rotatable bonds is 3. The van der Waals surface area contributed by atoms with Gasteiger partial charge < -0.3 is 9.84 Å². The van der Waals surface area contributed by atoms with Crippen LogP contribution in [0, 0.1) is 20.8 Å². The van der Waals surface area contributed by atoms with Crippen molar-refractivity contribution in [3.63, 3.8) is 0 Å². The van der Waals surface area contributed by atoms with Crippen LogP contribution in [-0.2, 0) is 5.60 Å². The summed E-state index contributed by atoms with van der Waals surface area (Å²) in [7, 11) is 1.47. The molecule has 1 unspecified atom stereocenters. The van der Waals surface area contributed by atoms with Gasteiger partial charge in [-0.2, -0.15) is 13.2 Å². The number of aliphatic hydroxyl groups is 1. The maximum atomic E-state index is 13.2. The van der Waals surface area contributed by atoms with Gasteiger partial charge in [-0.15, -0.1) is 0 Å². The van der Waals surface area contributed by atoms with E-state index < -0.39 is 18.2 Å². The molecule has 0 heterocycles. The molecule has 0 aliphatic carbocycles. The van der Waals surface area contributed by atoms with Gasteiger partial charge in [-0.05, 0) is 55.5 Å². The van der Waals surface area contributed by atoms with Crippen LogP contribution in [0.5, 0.6) is 5.75 Å². The van der Waals surface area contributed by atoms with Crippen molar-refractivity contribution in [1.29, 1.82) is 0 Å². The number of methoxy groups -OCH3 is 1. The lowest BCUT2D eigenvalue weighted by Gasteiger charge is -2.33. The number of alkyl halides is 3. The summed E-state index contributed by atoms with van der Waals surface area (Å²) in [5.74, 6) is 0.527. The maximum absolute atomic E-state index is 13.2. The van der Waals surface area contributed by atoms with Crippen LogP contribution in [0.1, 0.15) is 35.6 Å². The summed E-state index contributed by atoms with van der Waals surface area (Å²) < 4.78 is 44.7. The molecule has 1 N–H and O–H groups in total. The number of hydrogen-bond acceptors (Lipinski definition) is 2. The zero-order valence-electron chi connectivity index (χ0n) is 11.8. The van der Waals surface area contributed by atoms with E-state index in [0.29, 0.717) is 22.4 Å². The average molecular weight is 276 g/mol. The maximum Gasteiger partial charge on any atom is 0.421 e. The second-order valence-electron chi connectivity index (χ2n) is 4.73. The molecule has 1 aromatic carbocycles. The standard InChI is InChI=1S/C14H19F3O2/c1-6-13(18,14(15,16)17)12-8(2)7-11(19-5)9(3)10(12)4/h7,18H,6H2,1-5H3. The molecule has 0 bridgehead atoms. The molecule has 0 radical (unpaired) electrons. The number of benzene rings is 1. The lowest BCUT2D eigenvalue weighted by molar-refractivity contribution is -0.268. The Morgan fingerprint density at radius 1 is 1.16 bits per heavy atom. The Kier molecular flexibility index (Phi) is 4.20. The van der Waals surface area contributed by atoms with Gasteiger partial charge in [0.1, 0.15) is 5.75 Å². The van der Waals surface area contributed by atoms with E-state index in [1.807, 2.05) is 0 Å². The van der Waals surface area contributed by atoms with E-state index in [1.54, 1.807) is 20.8 Å². The number of halogens is 3. The van der Waals surface area contributed by atoms with Crippen LogP contribution in [0.3, 0.4) is 0 Å². The van der Waals surface area contributed by atoms with E-state index in [-0.39, 0.29) is 5.56 Å². The fourth-order valence-electron chi connectivity index (χ4n) is 2.41. The van der Waals surface area contributed by atoms with Crippen molar-refractivity contribution >= 4 is 0 Å². The van der Waals surface area contributed by atoms with Crippen molar-refractivity contribution in [2.24, 2.45) is 0 Å². The van der Waals surface area contributed by atoms with Gasteiger partial charge in [-0.25, -0.2) is 0 Å². The first kappa shape index (κ1) is 15.8. The lowest BCUT2D eigenvalue weighted by atomic mass is 9.82. The Morgan fingerprint density at radius 2 is 1.68 bits per heavy atom. The summed E-state index contributed by atoms with van der Waals surface area (Å²) >= 11 is 0. The van der Waals surface area contributed by atoms with Crippen molar-refractivity contribution in [3.8, 4) is 5.75 Å². The van der Waals surface area contributed by atoms with Gasteiger partial charge in [0.2, 0.25) is 0 Å². The van der Waals surface area contributed by atoms with Gasteiger partial charge in [0.05, 0.1) is 7.11 Å². The molecule has 1 rings (SSSR count).